The van der Waals surface area contributed by atoms with E-state index >= 15 is 0 Å². The molecule has 1 fully saturated rings. The first kappa shape index (κ1) is 14.1. The molecule has 1 heterocycles. The fourth-order valence-electron chi connectivity index (χ4n) is 2.22. The van der Waals surface area contributed by atoms with Crippen LogP contribution in [-0.4, -0.2) is 22.0 Å². The van der Waals surface area contributed by atoms with Crippen LogP contribution in [0, 0.1) is 12.7 Å². The van der Waals surface area contributed by atoms with E-state index in [0.717, 1.165) is 12.8 Å². The number of amides is 1. The van der Waals surface area contributed by atoms with Gasteiger partial charge in [-0.05, 0) is 31.9 Å². The fraction of sp³-hybridized carbons (Fsp3) is 0.333. The lowest BCUT2D eigenvalue weighted by Gasteiger charge is -2.22. The lowest BCUT2D eigenvalue weighted by molar-refractivity contribution is 0.0717. The number of carbonyl (C=O) groups excluding carboxylic acids is 1. The number of rotatable bonds is 4. The summed E-state index contributed by atoms with van der Waals surface area (Å²) in [6, 6.07) is 6.21. The summed E-state index contributed by atoms with van der Waals surface area (Å²) in [6.07, 6.45) is 1.82. The Morgan fingerprint density at radius 1 is 1.52 bits per heavy atom. The molecule has 0 saturated heterocycles. The molecule has 1 amide bonds. The molecule has 0 atom stereocenters. The number of aromatic nitrogens is 1. The molecule has 4 nitrogen and oxygen atoms in total. The number of halogens is 2. The minimum absolute atomic E-state index is 0.116. The lowest BCUT2D eigenvalue weighted by Crippen LogP contribution is -2.33. The van der Waals surface area contributed by atoms with Gasteiger partial charge in [-0.1, -0.05) is 22.8 Å². The van der Waals surface area contributed by atoms with Gasteiger partial charge in [0.15, 0.2) is 5.69 Å². The maximum absolute atomic E-state index is 13.9. The Labute approximate surface area is 126 Å². The summed E-state index contributed by atoms with van der Waals surface area (Å²) < 4.78 is 18.8. The monoisotopic (exact) mass is 308 g/mol. The van der Waals surface area contributed by atoms with E-state index in [1.165, 1.54) is 6.07 Å². The van der Waals surface area contributed by atoms with Gasteiger partial charge in [-0.2, -0.15) is 0 Å². The molecule has 1 saturated carbocycles. The van der Waals surface area contributed by atoms with Crippen molar-refractivity contribution in [1.82, 2.24) is 10.1 Å². The smallest absolute Gasteiger partial charge is 0.276 e. The van der Waals surface area contributed by atoms with Gasteiger partial charge in [-0.15, -0.1) is 0 Å². The largest absolute Gasteiger partial charge is 0.361 e. The Hall–Kier alpha value is -1.88. The van der Waals surface area contributed by atoms with Crippen LogP contribution in [0.25, 0.3) is 0 Å². The molecule has 2 aromatic rings. The minimum atomic E-state index is -0.405. The maximum atomic E-state index is 13.9. The molecule has 0 N–H and O–H groups in total. The first-order valence-corrected chi connectivity index (χ1v) is 7.11. The van der Waals surface area contributed by atoms with Crippen LogP contribution in [0.3, 0.4) is 0 Å². The molecule has 1 aliphatic carbocycles. The molecule has 1 aromatic heterocycles. The average Bonchev–Trinajstić information content (AvgIpc) is 3.19. The maximum Gasteiger partial charge on any atom is 0.276 e. The van der Waals surface area contributed by atoms with Crippen LogP contribution in [0.2, 0.25) is 5.02 Å². The molecule has 0 aliphatic heterocycles. The number of benzene rings is 1. The summed E-state index contributed by atoms with van der Waals surface area (Å²) in [6.45, 7) is 1.86. The first-order chi connectivity index (χ1) is 10.1. The third-order valence-electron chi connectivity index (χ3n) is 3.49. The van der Waals surface area contributed by atoms with Crippen molar-refractivity contribution in [2.24, 2.45) is 0 Å². The van der Waals surface area contributed by atoms with Crippen LogP contribution in [-0.2, 0) is 6.54 Å². The van der Waals surface area contributed by atoms with Crippen molar-refractivity contribution in [3.63, 3.8) is 0 Å². The van der Waals surface area contributed by atoms with Crippen LogP contribution in [0.1, 0.15) is 34.7 Å². The molecular formula is C15H14ClFN2O2. The summed E-state index contributed by atoms with van der Waals surface area (Å²) in [5.41, 5.74) is 0.575. The van der Waals surface area contributed by atoms with Gasteiger partial charge >= 0.3 is 0 Å². The third kappa shape index (κ3) is 2.93. The van der Waals surface area contributed by atoms with Gasteiger partial charge in [-0.25, -0.2) is 4.39 Å². The second-order valence-electron chi connectivity index (χ2n) is 5.19. The SMILES string of the molecule is Cc1cc(C(=O)N(Cc2c(F)cccc2Cl)C2CC2)no1. The van der Waals surface area contributed by atoms with Gasteiger partial charge in [0.05, 0.1) is 6.54 Å². The van der Waals surface area contributed by atoms with Gasteiger partial charge in [-0.3, -0.25) is 4.79 Å². The van der Waals surface area contributed by atoms with Gasteiger partial charge in [0.25, 0.3) is 5.91 Å². The first-order valence-electron chi connectivity index (χ1n) is 6.73. The fourth-order valence-corrected chi connectivity index (χ4v) is 2.44. The Morgan fingerprint density at radius 3 is 2.86 bits per heavy atom. The zero-order valence-corrected chi connectivity index (χ0v) is 12.2. The summed E-state index contributed by atoms with van der Waals surface area (Å²) in [5.74, 6) is -0.0935. The highest BCUT2D eigenvalue weighted by molar-refractivity contribution is 6.31. The van der Waals surface area contributed by atoms with Crippen molar-refractivity contribution in [3.05, 3.63) is 52.1 Å². The summed E-state index contributed by atoms with van der Waals surface area (Å²) in [4.78, 5) is 14.1. The normalized spacial score (nSPS) is 14.2. The molecule has 1 aromatic carbocycles. The third-order valence-corrected chi connectivity index (χ3v) is 3.84. The minimum Gasteiger partial charge on any atom is -0.361 e. The van der Waals surface area contributed by atoms with Gasteiger partial charge in [0.2, 0.25) is 0 Å². The topological polar surface area (TPSA) is 46.3 Å². The quantitative estimate of drug-likeness (QED) is 0.867. The van der Waals surface area contributed by atoms with Crippen LogP contribution < -0.4 is 0 Å². The Bertz CT molecular complexity index is 662. The highest BCUT2D eigenvalue weighted by Gasteiger charge is 2.35. The van der Waals surface area contributed by atoms with Crippen molar-refractivity contribution in [2.75, 3.05) is 0 Å². The van der Waals surface area contributed by atoms with E-state index in [1.54, 1.807) is 30.0 Å². The number of carbonyl (C=O) groups is 1. The van der Waals surface area contributed by atoms with Crippen LogP contribution in [0.5, 0.6) is 0 Å². The molecule has 1 aliphatic rings. The van der Waals surface area contributed by atoms with Crippen molar-refractivity contribution in [1.29, 1.82) is 0 Å². The molecule has 110 valence electrons. The second kappa shape index (κ2) is 5.48. The van der Waals surface area contributed by atoms with E-state index in [2.05, 4.69) is 5.16 Å². The average molecular weight is 309 g/mol. The van der Waals surface area contributed by atoms with E-state index in [9.17, 15) is 9.18 Å². The van der Waals surface area contributed by atoms with Gasteiger partial charge in [0, 0.05) is 22.7 Å². The molecule has 0 radical (unpaired) electrons. The zero-order chi connectivity index (χ0) is 15.0. The van der Waals surface area contributed by atoms with E-state index < -0.39 is 5.82 Å². The number of aryl methyl sites for hydroxylation is 1. The Kier molecular flexibility index (Phi) is 3.68. The van der Waals surface area contributed by atoms with Crippen molar-refractivity contribution in [3.8, 4) is 0 Å². The highest BCUT2D eigenvalue weighted by atomic mass is 35.5. The second-order valence-corrected chi connectivity index (χ2v) is 5.59. The lowest BCUT2D eigenvalue weighted by atomic mass is 10.2. The number of hydrogen-bond acceptors (Lipinski definition) is 3. The Balaban J connectivity index is 1.87. The predicted octanol–water partition coefficient (Wildman–Crippen LogP) is 3.58. The van der Waals surface area contributed by atoms with Crippen molar-refractivity contribution < 1.29 is 13.7 Å². The number of hydrogen-bond donors (Lipinski definition) is 0. The van der Waals surface area contributed by atoms with Crippen LogP contribution in [0.4, 0.5) is 4.39 Å². The molecule has 0 bridgehead atoms. The highest BCUT2D eigenvalue weighted by Crippen LogP contribution is 2.31. The van der Waals surface area contributed by atoms with Crippen LogP contribution in [0.15, 0.2) is 28.8 Å². The molecule has 6 heteroatoms. The van der Waals surface area contributed by atoms with E-state index in [4.69, 9.17) is 16.1 Å². The molecule has 0 spiro atoms. The van der Waals surface area contributed by atoms with E-state index in [1.807, 2.05) is 0 Å². The summed E-state index contributed by atoms with van der Waals surface area (Å²) >= 11 is 6.04. The number of nitrogens with zero attached hydrogens (tertiary/aromatic N) is 2. The van der Waals surface area contributed by atoms with Crippen molar-refractivity contribution >= 4 is 17.5 Å². The van der Waals surface area contributed by atoms with Gasteiger partial charge < -0.3 is 9.42 Å². The summed E-state index contributed by atoms with van der Waals surface area (Å²) in [5, 5.41) is 4.06. The molecule has 21 heavy (non-hydrogen) atoms. The predicted molar refractivity (Wildman–Crippen MR) is 75.5 cm³/mol. The zero-order valence-electron chi connectivity index (χ0n) is 11.5. The summed E-state index contributed by atoms with van der Waals surface area (Å²) in [7, 11) is 0. The van der Waals surface area contributed by atoms with Crippen molar-refractivity contribution in [2.45, 2.75) is 32.4 Å². The molecule has 3 rings (SSSR count). The standard InChI is InChI=1S/C15H14ClFN2O2/c1-9-7-14(18-21-9)15(20)19(10-5-6-10)8-11-12(16)3-2-4-13(11)17/h2-4,7,10H,5-6,8H2,1H3. The van der Waals surface area contributed by atoms with Gasteiger partial charge in [0.1, 0.15) is 11.6 Å². The van der Waals surface area contributed by atoms with E-state index in [-0.39, 0.29) is 24.2 Å². The Morgan fingerprint density at radius 2 is 2.29 bits per heavy atom. The van der Waals surface area contributed by atoms with Crippen LogP contribution >= 0.6 is 11.6 Å². The van der Waals surface area contributed by atoms with E-state index in [0.29, 0.717) is 16.3 Å². The molecular weight excluding hydrogens is 295 g/mol. The molecule has 0 unspecified atom stereocenters.